The minimum Gasteiger partial charge on any atom is -0.497 e. The second-order valence-corrected chi connectivity index (χ2v) is 9.36. The molecule has 2 heterocycles. The maximum absolute atomic E-state index is 13.7. The predicted octanol–water partition coefficient (Wildman–Crippen LogP) is 6.06. The first-order chi connectivity index (χ1) is 18.6. The van der Waals surface area contributed by atoms with Crippen LogP contribution in [-0.4, -0.2) is 48.4 Å². The number of hydrogen-bond donors (Lipinski definition) is 1. The fourth-order valence-electron chi connectivity index (χ4n) is 4.87. The zero-order chi connectivity index (χ0) is 26.5. The SMILES string of the molecule is CCCCOc1ccc(C2c3c(-c4ccc(OC)cc4)n[nH]c3C(=O)N2CCc2ccc(OC)cc2)cc1. The number of rotatable bonds is 11. The highest BCUT2D eigenvalue weighted by molar-refractivity contribution is 6.00. The molecular formula is C31H33N3O4. The second-order valence-electron chi connectivity index (χ2n) is 9.36. The number of nitrogens with zero attached hydrogens (tertiary/aromatic N) is 2. The normalized spacial score (nSPS) is 14.4. The van der Waals surface area contributed by atoms with Crippen LogP contribution >= 0.6 is 0 Å². The topological polar surface area (TPSA) is 76.7 Å². The van der Waals surface area contributed by atoms with E-state index < -0.39 is 0 Å². The molecule has 1 aliphatic heterocycles. The Morgan fingerprint density at radius 1 is 0.868 bits per heavy atom. The standard InChI is InChI=1S/C31H33N3O4/c1-4-5-20-38-26-16-10-23(11-17-26)30-27-28(22-8-14-25(37-3)15-9-22)32-33-29(27)31(35)34(30)19-18-21-6-12-24(36-2)13-7-21/h6-17,30H,4-5,18-20H2,1-3H3,(H,32,33). The Morgan fingerprint density at radius 3 is 2.13 bits per heavy atom. The lowest BCUT2D eigenvalue weighted by Crippen LogP contribution is -2.31. The zero-order valence-electron chi connectivity index (χ0n) is 22.1. The summed E-state index contributed by atoms with van der Waals surface area (Å²) in [7, 11) is 3.30. The monoisotopic (exact) mass is 511 g/mol. The van der Waals surface area contributed by atoms with Gasteiger partial charge in [0.1, 0.15) is 22.9 Å². The largest absolute Gasteiger partial charge is 0.497 e. The molecule has 1 aliphatic rings. The Labute approximate surface area is 223 Å². The number of ether oxygens (including phenoxy) is 3. The van der Waals surface area contributed by atoms with Gasteiger partial charge in [0.2, 0.25) is 0 Å². The number of aromatic nitrogens is 2. The lowest BCUT2D eigenvalue weighted by Gasteiger charge is -2.26. The minimum atomic E-state index is -0.267. The van der Waals surface area contributed by atoms with Gasteiger partial charge in [-0.3, -0.25) is 9.89 Å². The molecule has 0 radical (unpaired) electrons. The molecule has 38 heavy (non-hydrogen) atoms. The number of nitrogens with one attached hydrogen (secondary N) is 1. The third-order valence-corrected chi connectivity index (χ3v) is 6.99. The molecule has 1 unspecified atom stereocenters. The first kappa shape index (κ1) is 25.4. The summed E-state index contributed by atoms with van der Waals surface area (Å²) in [5.74, 6) is 2.37. The first-order valence-corrected chi connectivity index (χ1v) is 13.0. The van der Waals surface area contributed by atoms with Gasteiger partial charge < -0.3 is 19.1 Å². The number of aromatic amines is 1. The van der Waals surface area contributed by atoms with Crippen molar-refractivity contribution in [1.29, 1.82) is 0 Å². The number of hydrogen-bond acceptors (Lipinski definition) is 5. The highest BCUT2D eigenvalue weighted by Gasteiger charge is 2.41. The second kappa shape index (κ2) is 11.4. The first-order valence-electron chi connectivity index (χ1n) is 13.0. The van der Waals surface area contributed by atoms with Crippen LogP contribution in [0, 0.1) is 0 Å². The van der Waals surface area contributed by atoms with Gasteiger partial charge in [0.05, 0.1) is 32.6 Å². The zero-order valence-corrected chi connectivity index (χ0v) is 22.1. The van der Waals surface area contributed by atoms with Gasteiger partial charge >= 0.3 is 0 Å². The van der Waals surface area contributed by atoms with Gasteiger partial charge in [0, 0.05) is 17.7 Å². The van der Waals surface area contributed by atoms with Crippen LogP contribution in [0.25, 0.3) is 11.3 Å². The van der Waals surface area contributed by atoms with Gasteiger partial charge in [-0.15, -0.1) is 0 Å². The van der Waals surface area contributed by atoms with Gasteiger partial charge in [-0.25, -0.2) is 0 Å². The van der Waals surface area contributed by atoms with Crippen LogP contribution in [0.3, 0.4) is 0 Å². The molecule has 0 fully saturated rings. The molecule has 0 saturated carbocycles. The van der Waals surface area contributed by atoms with E-state index in [1.54, 1.807) is 14.2 Å². The summed E-state index contributed by atoms with van der Waals surface area (Å²) in [4.78, 5) is 15.6. The third kappa shape index (κ3) is 5.09. The van der Waals surface area contributed by atoms with Crippen molar-refractivity contribution in [1.82, 2.24) is 15.1 Å². The molecule has 0 aliphatic carbocycles. The molecule has 1 atom stereocenters. The molecule has 1 aromatic heterocycles. The highest BCUT2D eigenvalue weighted by Crippen LogP contribution is 2.43. The van der Waals surface area contributed by atoms with E-state index in [1.165, 1.54) is 0 Å². The summed E-state index contributed by atoms with van der Waals surface area (Å²) in [6, 6.07) is 23.6. The van der Waals surface area contributed by atoms with Crippen LogP contribution in [0.5, 0.6) is 17.2 Å². The van der Waals surface area contributed by atoms with E-state index in [0.29, 0.717) is 18.8 Å². The summed E-state index contributed by atoms with van der Waals surface area (Å²) < 4.78 is 16.5. The third-order valence-electron chi connectivity index (χ3n) is 6.99. The Morgan fingerprint density at radius 2 is 1.50 bits per heavy atom. The van der Waals surface area contributed by atoms with E-state index >= 15 is 0 Å². The van der Waals surface area contributed by atoms with Crippen molar-refractivity contribution in [2.24, 2.45) is 0 Å². The van der Waals surface area contributed by atoms with Gasteiger partial charge in [-0.2, -0.15) is 5.10 Å². The number of benzene rings is 3. The van der Waals surface area contributed by atoms with Crippen molar-refractivity contribution >= 4 is 5.91 Å². The molecule has 0 bridgehead atoms. The number of carbonyl (C=O) groups excluding carboxylic acids is 1. The van der Waals surface area contributed by atoms with E-state index in [1.807, 2.05) is 65.6 Å². The number of unbranched alkanes of at least 4 members (excludes halogenated alkanes) is 1. The maximum atomic E-state index is 13.7. The van der Waals surface area contributed by atoms with Crippen molar-refractivity contribution < 1.29 is 19.0 Å². The fourth-order valence-corrected chi connectivity index (χ4v) is 4.87. The number of carbonyl (C=O) groups is 1. The maximum Gasteiger partial charge on any atom is 0.273 e. The number of H-pyrrole nitrogens is 1. The number of methoxy groups -OCH3 is 2. The summed E-state index contributed by atoms with van der Waals surface area (Å²) in [5, 5.41) is 7.62. The molecule has 1 amide bonds. The molecule has 5 rings (SSSR count). The summed E-state index contributed by atoms with van der Waals surface area (Å²) in [5.41, 5.74) is 5.30. The summed E-state index contributed by atoms with van der Waals surface area (Å²) >= 11 is 0. The van der Waals surface area contributed by atoms with E-state index in [0.717, 1.165) is 64.5 Å². The average Bonchev–Trinajstić information content (AvgIpc) is 3.51. The molecule has 1 N–H and O–H groups in total. The lowest BCUT2D eigenvalue weighted by molar-refractivity contribution is 0.0746. The van der Waals surface area contributed by atoms with E-state index in [-0.39, 0.29) is 11.9 Å². The Balaban J connectivity index is 1.48. The van der Waals surface area contributed by atoms with Crippen LogP contribution < -0.4 is 14.2 Å². The van der Waals surface area contributed by atoms with E-state index in [2.05, 4.69) is 29.3 Å². The van der Waals surface area contributed by atoms with Crippen LogP contribution in [-0.2, 0) is 6.42 Å². The van der Waals surface area contributed by atoms with Crippen molar-refractivity contribution in [3.8, 4) is 28.5 Å². The molecule has 3 aromatic carbocycles. The van der Waals surface area contributed by atoms with Crippen LogP contribution in [0.15, 0.2) is 72.8 Å². The summed E-state index contributed by atoms with van der Waals surface area (Å²) in [6.45, 7) is 3.40. The van der Waals surface area contributed by atoms with Gasteiger partial charge in [-0.1, -0.05) is 37.6 Å². The van der Waals surface area contributed by atoms with E-state index in [4.69, 9.17) is 14.2 Å². The Hall–Kier alpha value is -4.26. The minimum absolute atomic E-state index is 0.0472. The quantitative estimate of drug-likeness (QED) is 0.248. The molecule has 0 saturated heterocycles. The lowest BCUT2D eigenvalue weighted by atomic mass is 9.95. The molecular weight excluding hydrogens is 478 g/mol. The van der Waals surface area contributed by atoms with Gasteiger partial charge in [0.25, 0.3) is 5.91 Å². The van der Waals surface area contributed by atoms with E-state index in [9.17, 15) is 4.79 Å². The number of amides is 1. The van der Waals surface area contributed by atoms with Gasteiger partial charge in [-0.05, 0) is 72.5 Å². The average molecular weight is 512 g/mol. The van der Waals surface area contributed by atoms with Crippen molar-refractivity contribution in [2.75, 3.05) is 27.4 Å². The van der Waals surface area contributed by atoms with Crippen LogP contribution in [0.2, 0.25) is 0 Å². The fraction of sp³-hybridized carbons (Fsp3) is 0.290. The highest BCUT2D eigenvalue weighted by atomic mass is 16.5. The molecule has 7 heteroatoms. The van der Waals surface area contributed by atoms with Crippen LogP contribution in [0.1, 0.15) is 53.0 Å². The van der Waals surface area contributed by atoms with Crippen molar-refractivity contribution in [2.45, 2.75) is 32.2 Å². The molecule has 4 aromatic rings. The predicted molar refractivity (Wildman–Crippen MR) is 147 cm³/mol. The molecule has 196 valence electrons. The smallest absolute Gasteiger partial charge is 0.273 e. The van der Waals surface area contributed by atoms with Crippen molar-refractivity contribution in [3.63, 3.8) is 0 Å². The number of fused-ring (bicyclic) bond motifs is 1. The van der Waals surface area contributed by atoms with Crippen molar-refractivity contribution in [3.05, 3.63) is 95.2 Å². The molecule has 7 nitrogen and oxygen atoms in total. The summed E-state index contributed by atoms with van der Waals surface area (Å²) in [6.07, 6.45) is 2.82. The Bertz CT molecular complexity index is 1360. The molecule has 0 spiro atoms. The Kier molecular flexibility index (Phi) is 7.63. The van der Waals surface area contributed by atoms with Gasteiger partial charge in [0.15, 0.2) is 0 Å². The van der Waals surface area contributed by atoms with Crippen LogP contribution in [0.4, 0.5) is 0 Å².